The molecule has 0 atom stereocenters. The summed E-state index contributed by atoms with van der Waals surface area (Å²) in [4.78, 5) is 11.3. The average Bonchev–Trinajstić information content (AvgIpc) is 3.06. The van der Waals surface area contributed by atoms with Crippen LogP contribution in [0.1, 0.15) is 32.4 Å². The van der Waals surface area contributed by atoms with Crippen LogP contribution in [-0.4, -0.2) is 37.1 Å². The molecule has 2 heterocycles. The Morgan fingerprint density at radius 2 is 2.19 bits per heavy atom. The molecule has 0 unspecified atom stereocenters. The first-order chi connectivity index (χ1) is 9.65. The predicted octanol–water partition coefficient (Wildman–Crippen LogP) is 2.46. The van der Waals surface area contributed by atoms with Gasteiger partial charge >= 0.3 is 0 Å². The van der Waals surface area contributed by atoms with Crippen molar-refractivity contribution in [2.75, 3.05) is 31.1 Å². The first-order valence-corrected chi connectivity index (χ1v) is 8.26. The van der Waals surface area contributed by atoms with E-state index < -0.39 is 0 Å². The van der Waals surface area contributed by atoms with Crippen LogP contribution in [0.15, 0.2) is 10.4 Å². The van der Waals surface area contributed by atoms with Crippen molar-refractivity contribution >= 4 is 46.4 Å². The second-order valence-corrected chi connectivity index (χ2v) is 6.45. The van der Waals surface area contributed by atoms with Crippen LogP contribution < -0.4 is 16.0 Å². The Morgan fingerprint density at radius 3 is 2.86 bits per heavy atom. The quantitative estimate of drug-likeness (QED) is 0.419. The minimum absolute atomic E-state index is 0. The van der Waals surface area contributed by atoms with Crippen LogP contribution in [0.3, 0.4) is 0 Å². The lowest BCUT2D eigenvalue weighted by Gasteiger charge is -2.12. The zero-order chi connectivity index (χ0) is 14.4. The number of anilines is 1. The van der Waals surface area contributed by atoms with Gasteiger partial charge in [-0.1, -0.05) is 13.8 Å². The van der Waals surface area contributed by atoms with Crippen LogP contribution in [-0.2, 0) is 6.42 Å². The summed E-state index contributed by atoms with van der Waals surface area (Å²) in [6, 6.07) is 0. The van der Waals surface area contributed by atoms with E-state index in [0.29, 0.717) is 11.9 Å². The highest BCUT2D eigenvalue weighted by Crippen LogP contribution is 2.24. The summed E-state index contributed by atoms with van der Waals surface area (Å²) >= 11 is 1.75. The van der Waals surface area contributed by atoms with Crippen molar-refractivity contribution in [2.24, 2.45) is 16.6 Å². The lowest BCUT2D eigenvalue weighted by molar-refractivity contribution is 0.661. The summed E-state index contributed by atoms with van der Waals surface area (Å²) in [6.07, 6.45) is 3.47. The van der Waals surface area contributed by atoms with Crippen molar-refractivity contribution in [1.29, 1.82) is 0 Å². The highest BCUT2D eigenvalue weighted by molar-refractivity contribution is 14.0. The van der Waals surface area contributed by atoms with E-state index in [9.17, 15) is 0 Å². The molecule has 1 aliphatic rings. The van der Waals surface area contributed by atoms with Gasteiger partial charge in [-0.25, -0.2) is 4.98 Å². The van der Waals surface area contributed by atoms with Gasteiger partial charge in [0.05, 0.1) is 5.69 Å². The Bertz CT molecular complexity index is 440. The van der Waals surface area contributed by atoms with E-state index in [1.165, 1.54) is 18.0 Å². The minimum Gasteiger partial charge on any atom is -0.370 e. The molecule has 0 radical (unpaired) electrons. The summed E-state index contributed by atoms with van der Waals surface area (Å²) < 4.78 is 0. The van der Waals surface area contributed by atoms with E-state index >= 15 is 0 Å². The molecule has 1 aromatic rings. The number of hydrogen-bond acceptors (Lipinski definition) is 4. The minimum atomic E-state index is 0. The smallest absolute Gasteiger partial charge is 0.188 e. The van der Waals surface area contributed by atoms with Gasteiger partial charge in [0, 0.05) is 38.0 Å². The predicted molar refractivity (Wildman–Crippen MR) is 102 cm³/mol. The molecule has 120 valence electrons. The largest absolute Gasteiger partial charge is 0.370 e. The molecule has 0 bridgehead atoms. The van der Waals surface area contributed by atoms with E-state index in [2.05, 4.69) is 39.4 Å². The number of hydrogen-bond donors (Lipinski definition) is 2. The maximum Gasteiger partial charge on any atom is 0.188 e. The summed E-state index contributed by atoms with van der Waals surface area (Å²) in [5, 5.41) is 6.46. The maximum atomic E-state index is 5.80. The van der Waals surface area contributed by atoms with Gasteiger partial charge in [0.15, 0.2) is 11.1 Å². The highest BCUT2D eigenvalue weighted by atomic mass is 127. The second-order valence-electron chi connectivity index (χ2n) is 5.61. The number of halogens is 1. The normalized spacial score (nSPS) is 15.4. The molecule has 21 heavy (non-hydrogen) atoms. The summed E-state index contributed by atoms with van der Waals surface area (Å²) in [5.74, 6) is 1.07. The first kappa shape index (κ1) is 18.5. The number of nitrogens with zero attached hydrogens (tertiary/aromatic N) is 3. The van der Waals surface area contributed by atoms with E-state index in [0.717, 1.165) is 38.3 Å². The van der Waals surface area contributed by atoms with Crippen molar-refractivity contribution in [3.05, 3.63) is 11.1 Å². The number of aliphatic imine (C=N–C) groups is 1. The lowest BCUT2D eigenvalue weighted by Crippen LogP contribution is -2.33. The van der Waals surface area contributed by atoms with Gasteiger partial charge in [-0.3, -0.25) is 4.99 Å². The molecule has 1 fully saturated rings. The zero-order valence-corrected chi connectivity index (χ0v) is 16.0. The summed E-state index contributed by atoms with van der Waals surface area (Å²) in [6.45, 7) is 8.13. The van der Waals surface area contributed by atoms with Gasteiger partial charge in [0.1, 0.15) is 0 Å². The van der Waals surface area contributed by atoms with Crippen LogP contribution in [0.5, 0.6) is 0 Å². The monoisotopic (exact) mass is 423 g/mol. The van der Waals surface area contributed by atoms with E-state index in [-0.39, 0.29) is 24.0 Å². The molecular weight excluding hydrogens is 397 g/mol. The fourth-order valence-corrected chi connectivity index (χ4v) is 3.03. The van der Waals surface area contributed by atoms with Crippen LogP contribution in [0.4, 0.5) is 5.13 Å². The first-order valence-electron chi connectivity index (χ1n) is 7.38. The van der Waals surface area contributed by atoms with E-state index in [1.807, 2.05) is 0 Å². The Hall–Kier alpha value is -0.570. The average molecular weight is 423 g/mol. The lowest BCUT2D eigenvalue weighted by atomic mass is 10.2. The van der Waals surface area contributed by atoms with Gasteiger partial charge in [0.2, 0.25) is 0 Å². The molecule has 0 saturated carbocycles. The molecule has 1 aromatic heterocycles. The topological polar surface area (TPSA) is 66.5 Å². The van der Waals surface area contributed by atoms with E-state index in [4.69, 9.17) is 5.73 Å². The van der Waals surface area contributed by atoms with Gasteiger partial charge < -0.3 is 16.0 Å². The molecule has 1 saturated heterocycles. The van der Waals surface area contributed by atoms with Gasteiger partial charge in [-0.15, -0.1) is 35.3 Å². The molecule has 0 aromatic carbocycles. The number of guanidine groups is 1. The van der Waals surface area contributed by atoms with Crippen molar-refractivity contribution in [3.8, 4) is 0 Å². The number of aromatic nitrogens is 1. The molecule has 0 amide bonds. The molecular formula is C14H26IN5S. The van der Waals surface area contributed by atoms with Crippen LogP contribution >= 0.6 is 35.3 Å². The second kappa shape index (κ2) is 9.45. The molecule has 2 rings (SSSR count). The summed E-state index contributed by atoms with van der Waals surface area (Å²) in [5.41, 5.74) is 6.94. The third-order valence-electron chi connectivity index (χ3n) is 3.23. The molecule has 0 aliphatic carbocycles. The Kier molecular flexibility index (Phi) is 8.31. The molecule has 5 nitrogen and oxygen atoms in total. The third kappa shape index (κ3) is 6.37. The molecule has 1 aliphatic heterocycles. The fourth-order valence-electron chi connectivity index (χ4n) is 2.12. The third-order valence-corrected chi connectivity index (χ3v) is 4.18. The SMILES string of the molecule is CC(C)CN=C(N)NCCc1csc(N2CCCC2)n1.I. The van der Waals surface area contributed by atoms with Crippen molar-refractivity contribution < 1.29 is 0 Å². The number of nitrogens with one attached hydrogen (secondary N) is 1. The van der Waals surface area contributed by atoms with Gasteiger partial charge in [0.25, 0.3) is 0 Å². The summed E-state index contributed by atoms with van der Waals surface area (Å²) in [7, 11) is 0. The van der Waals surface area contributed by atoms with Crippen LogP contribution in [0.25, 0.3) is 0 Å². The van der Waals surface area contributed by atoms with Crippen molar-refractivity contribution in [3.63, 3.8) is 0 Å². The van der Waals surface area contributed by atoms with Crippen LogP contribution in [0, 0.1) is 5.92 Å². The van der Waals surface area contributed by atoms with Crippen molar-refractivity contribution in [2.45, 2.75) is 33.1 Å². The Morgan fingerprint density at radius 1 is 1.48 bits per heavy atom. The van der Waals surface area contributed by atoms with Gasteiger partial charge in [-0.05, 0) is 18.8 Å². The number of nitrogens with two attached hydrogens (primary N) is 1. The van der Waals surface area contributed by atoms with E-state index in [1.54, 1.807) is 11.3 Å². The molecule has 7 heteroatoms. The fraction of sp³-hybridized carbons (Fsp3) is 0.714. The molecule has 3 N–H and O–H groups in total. The highest BCUT2D eigenvalue weighted by Gasteiger charge is 2.15. The molecule has 0 spiro atoms. The zero-order valence-electron chi connectivity index (χ0n) is 12.8. The Balaban J connectivity index is 0.00000220. The number of thiazole rings is 1. The maximum absolute atomic E-state index is 5.80. The number of rotatable bonds is 6. The van der Waals surface area contributed by atoms with Crippen molar-refractivity contribution in [1.82, 2.24) is 10.3 Å². The Labute approximate surface area is 148 Å². The van der Waals surface area contributed by atoms with Crippen LogP contribution in [0.2, 0.25) is 0 Å². The van der Waals surface area contributed by atoms with Gasteiger partial charge in [-0.2, -0.15) is 0 Å². The standard InChI is InChI=1S/C14H25N5S.HI/c1-11(2)9-17-13(15)16-6-5-12-10-20-14(18-12)19-7-3-4-8-19;/h10-11H,3-9H2,1-2H3,(H3,15,16,17);1H.